The minimum absolute atomic E-state index is 0.137. The van der Waals surface area contributed by atoms with E-state index < -0.39 is 0 Å². The van der Waals surface area contributed by atoms with Gasteiger partial charge in [-0.05, 0) is 51.2 Å². The maximum Gasteiger partial charge on any atom is 0.160 e. The summed E-state index contributed by atoms with van der Waals surface area (Å²) in [7, 11) is 0. The van der Waals surface area contributed by atoms with Gasteiger partial charge < -0.3 is 0 Å². The number of benzene rings is 2. The SMILES string of the molecule is C=CCCCc1ccc(C)cc1.CC(=O)c1ccccc1C. The molecule has 0 atom stereocenters. The van der Waals surface area contributed by atoms with E-state index in [-0.39, 0.29) is 5.78 Å². The van der Waals surface area contributed by atoms with E-state index in [2.05, 4.69) is 37.8 Å². The van der Waals surface area contributed by atoms with Crippen LogP contribution in [0, 0.1) is 13.8 Å². The Morgan fingerprint density at radius 2 is 1.68 bits per heavy atom. The van der Waals surface area contributed by atoms with E-state index in [1.807, 2.05) is 37.3 Å². The van der Waals surface area contributed by atoms with Crippen molar-refractivity contribution in [3.8, 4) is 0 Å². The van der Waals surface area contributed by atoms with Gasteiger partial charge >= 0.3 is 0 Å². The van der Waals surface area contributed by atoms with Gasteiger partial charge in [-0.3, -0.25) is 4.79 Å². The van der Waals surface area contributed by atoms with Crippen molar-refractivity contribution < 1.29 is 4.79 Å². The molecule has 0 N–H and O–H groups in total. The molecular formula is C21H26O. The zero-order valence-electron chi connectivity index (χ0n) is 13.9. The lowest BCUT2D eigenvalue weighted by atomic mass is 10.1. The average molecular weight is 294 g/mol. The molecule has 1 nitrogen and oxygen atoms in total. The first-order valence-corrected chi connectivity index (χ1v) is 7.77. The summed E-state index contributed by atoms with van der Waals surface area (Å²) in [5, 5.41) is 0. The van der Waals surface area contributed by atoms with E-state index in [1.54, 1.807) is 6.92 Å². The van der Waals surface area contributed by atoms with E-state index in [9.17, 15) is 4.79 Å². The number of aryl methyl sites for hydroxylation is 3. The second-order valence-corrected chi connectivity index (χ2v) is 5.54. The molecule has 2 aromatic rings. The Hall–Kier alpha value is -2.15. The number of carbonyl (C=O) groups excluding carboxylic acids is 1. The van der Waals surface area contributed by atoms with Crippen molar-refractivity contribution in [3.05, 3.63) is 83.4 Å². The van der Waals surface area contributed by atoms with Crippen LogP contribution in [0.2, 0.25) is 0 Å². The molecule has 0 bridgehead atoms. The van der Waals surface area contributed by atoms with E-state index in [4.69, 9.17) is 0 Å². The minimum Gasteiger partial charge on any atom is -0.295 e. The highest BCUT2D eigenvalue weighted by Crippen LogP contribution is 2.07. The number of rotatable bonds is 5. The molecule has 0 aliphatic rings. The summed E-state index contributed by atoms with van der Waals surface area (Å²) in [6, 6.07) is 16.4. The Morgan fingerprint density at radius 1 is 1.05 bits per heavy atom. The highest BCUT2D eigenvalue weighted by molar-refractivity contribution is 5.95. The van der Waals surface area contributed by atoms with Gasteiger partial charge in [0.15, 0.2) is 5.78 Å². The fourth-order valence-electron chi connectivity index (χ4n) is 2.17. The molecule has 2 rings (SSSR count). The van der Waals surface area contributed by atoms with E-state index in [0.29, 0.717) is 0 Å². The van der Waals surface area contributed by atoms with Gasteiger partial charge in [0.2, 0.25) is 0 Å². The van der Waals surface area contributed by atoms with Crippen LogP contribution in [0.4, 0.5) is 0 Å². The smallest absolute Gasteiger partial charge is 0.160 e. The van der Waals surface area contributed by atoms with Gasteiger partial charge in [-0.1, -0.05) is 60.2 Å². The molecule has 0 aliphatic heterocycles. The fraction of sp³-hybridized carbons (Fsp3) is 0.286. The van der Waals surface area contributed by atoms with Gasteiger partial charge in [-0.15, -0.1) is 6.58 Å². The van der Waals surface area contributed by atoms with Crippen molar-refractivity contribution in [3.63, 3.8) is 0 Å². The molecule has 0 unspecified atom stereocenters. The molecule has 0 aromatic heterocycles. The normalized spacial score (nSPS) is 9.59. The number of carbonyl (C=O) groups is 1. The summed E-state index contributed by atoms with van der Waals surface area (Å²) in [6.07, 6.45) is 5.49. The molecule has 0 spiro atoms. The molecule has 1 heteroatoms. The number of hydrogen-bond donors (Lipinski definition) is 0. The topological polar surface area (TPSA) is 17.1 Å². The standard InChI is InChI=1S/C12H16.C9H10O/c1-3-4-5-6-12-9-7-11(2)8-10-12;1-7-5-3-4-6-9(7)8(2)10/h3,7-10H,1,4-6H2,2H3;3-6H,1-2H3. The largest absolute Gasteiger partial charge is 0.295 e. The Morgan fingerprint density at radius 3 is 2.18 bits per heavy atom. The molecule has 0 fully saturated rings. The van der Waals surface area contributed by atoms with Gasteiger partial charge in [0, 0.05) is 5.56 Å². The zero-order valence-corrected chi connectivity index (χ0v) is 13.9. The van der Waals surface area contributed by atoms with Crippen LogP contribution in [-0.4, -0.2) is 5.78 Å². The number of allylic oxidation sites excluding steroid dienone is 1. The van der Waals surface area contributed by atoms with Crippen LogP contribution in [0.3, 0.4) is 0 Å². The molecular weight excluding hydrogens is 268 g/mol. The Bertz CT molecular complexity index is 594. The van der Waals surface area contributed by atoms with Crippen LogP contribution in [0.1, 0.15) is 46.8 Å². The molecule has 0 heterocycles. The number of hydrogen-bond acceptors (Lipinski definition) is 1. The summed E-state index contributed by atoms with van der Waals surface area (Å²) in [5.41, 5.74) is 4.64. The highest BCUT2D eigenvalue weighted by atomic mass is 16.1. The number of unbranched alkanes of at least 4 members (excludes halogenated alkanes) is 1. The molecule has 0 amide bonds. The summed E-state index contributed by atoms with van der Waals surface area (Å²) in [4.78, 5) is 10.9. The van der Waals surface area contributed by atoms with Gasteiger partial charge in [-0.2, -0.15) is 0 Å². The molecule has 0 aliphatic carbocycles. The quantitative estimate of drug-likeness (QED) is 0.392. The summed E-state index contributed by atoms with van der Waals surface area (Å²) < 4.78 is 0. The van der Waals surface area contributed by atoms with Crippen molar-refractivity contribution in [2.45, 2.75) is 40.0 Å². The van der Waals surface area contributed by atoms with Crippen molar-refractivity contribution in [1.82, 2.24) is 0 Å². The van der Waals surface area contributed by atoms with Crippen molar-refractivity contribution >= 4 is 5.78 Å². The minimum atomic E-state index is 0.137. The molecule has 0 radical (unpaired) electrons. The first-order chi connectivity index (χ1) is 10.5. The van der Waals surface area contributed by atoms with Gasteiger partial charge in [0.05, 0.1) is 0 Å². The van der Waals surface area contributed by atoms with Crippen molar-refractivity contribution in [2.75, 3.05) is 0 Å². The maximum atomic E-state index is 10.9. The second kappa shape index (κ2) is 9.73. The first-order valence-electron chi connectivity index (χ1n) is 7.77. The summed E-state index contributed by atoms with van der Waals surface area (Å²) in [5.74, 6) is 0.137. The molecule has 22 heavy (non-hydrogen) atoms. The van der Waals surface area contributed by atoms with Crippen LogP contribution < -0.4 is 0 Å². The third-order valence-corrected chi connectivity index (χ3v) is 3.52. The fourth-order valence-corrected chi connectivity index (χ4v) is 2.17. The van der Waals surface area contributed by atoms with Crippen LogP contribution in [0.25, 0.3) is 0 Å². The van der Waals surface area contributed by atoms with E-state index in [0.717, 1.165) is 17.5 Å². The Labute approximate surface area is 134 Å². The highest BCUT2D eigenvalue weighted by Gasteiger charge is 1.99. The zero-order chi connectivity index (χ0) is 16.4. The monoisotopic (exact) mass is 294 g/mol. The van der Waals surface area contributed by atoms with E-state index in [1.165, 1.54) is 24.0 Å². The van der Waals surface area contributed by atoms with Gasteiger partial charge in [-0.25, -0.2) is 0 Å². The molecule has 0 saturated heterocycles. The van der Waals surface area contributed by atoms with Crippen LogP contribution >= 0.6 is 0 Å². The predicted molar refractivity (Wildman–Crippen MR) is 95.5 cm³/mol. The summed E-state index contributed by atoms with van der Waals surface area (Å²) >= 11 is 0. The lowest BCUT2D eigenvalue weighted by molar-refractivity contribution is 0.101. The summed E-state index contributed by atoms with van der Waals surface area (Å²) in [6.45, 7) is 9.35. The average Bonchev–Trinajstić information content (AvgIpc) is 2.50. The lowest BCUT2D eigenvalue weighted by Gasteiger charge is -1.99. The molecule has 2 aromatic carbocycles. The lowest BCUT2D eigenvalue weighted by Crippen LogP contribution is -1.93. The van der Waals surface area contributed by atoms with Crippen LogP contribution in [0.5, 0.6) is 0 Å². The first kappa shape index (κ1) is 17.9. The van der Waals surface area contributed by atoms with Gasteiger partial charge in [0.25, 0.3) is 0 Å². The third kappa shape index (κ3) is 6.53. The molecule has 0 saturated carbocycles. The van der Waals surface area contributed by atoms with Gasteiger partial charge in [0.1, 0.15) is 0 Å². The van der Waals surface area contributed by atoms with Crippen molar-refractivity contribution in [2.24, 2.45) is 0 Å². The van der Waals surface area contributed by atoms with Crippen LogP contribution in [-0.2, 0) is 6.42 Å². The maximum absolute atomic E-state index is 10.9. The number of ketones is 1. The predicted octanol–water partition coefficient (Wildman–Crippen LogP) is 5.70. The molecule has 116 valence electrons. The Kier molecular flexibility index (Phi) is 7.91. The van der Waals surface area contributed by atoms with Crippen LogP contribution in [0.15, 0.2) is 61.2 Å². The third-order valence-electron chi connectivity index (χ3n) is 3.52. The second-order valence-electron chi connectivity index (χ2n) is 5.54. The Balaban J connectivity index is 0.000000224. The van der Waals surface area contributed by atoms with Crippen molar-refractivity contribution in [1.29, 1.82) is 0 Å². The number of Topliss-reactive ketones (excluding diaryl/α,β-unsaturated/α-hetero) is 1. The van der Waals surface area contributed by atoms with E-state index >= 15 is 0 Å².